The summed E-state index contributed by atoms with van der Waals surface area (Å²) in [5, 5.41) is 2.63. The van der Waals surface area contributed by atoms with Crippen LogP contribution in [0.5, 0.6) is 0 Å². The van der Waals surface area contributed by atoms with Crippen LogP contribution in [0, 0.1) is 0 Å². The van der Waals surface area contributed by atoms with E-state index in [1.165, 1.54) is 0 Å². The quantitative estimate of drug-likeness (QED) is 0.798. The van der Waals surface area contributed by atoms with E-state index in [2.05, 4.69) is 5.32 Å². The molecule has 1 aromatic carbocycles. The minimum absolute atomic E-state index is 0.0188. The minimum atomic E-state index is -0.493. The third-order valence-corrected chi connectivity index (χ3v) is 3.44. The molecule has 2 rings (SSSR count). The fraction of sp³-hybridized carbons (Fsp3) is 0.556. The zero-order valence-corrected chi connectivity index (χ0v) is 15.0. The van der Waals surface area contributed by atoms with Gasteiger partial charge in [0.2, 0.25) is 0 Å². The molecule has 0 spiro atoms. The number of hydrogen-bond acceptors (Lipinski definition) is 5. The number of carbonyl (C=O) groups is 2. The van der Waals surface area contributed by atoms with Gasteiger partial charge in [-0.15, -0.1) is 0 Å². The van der Waals surface area contributed by atoms with Gasteiger partial charge in [0.1, 0.15) is 12.2 Å². The average molecular weight is 350 g/mol. The first-order valence-corrected chi connectivity index (χ1v) is 8.37. The highest BCUT2D eigenvalue weighted by atomic mass is 16.6. The van der Waals surface area contributed by atoms with Gasteiger partial charge in [0.15, 0.2) is 0 Å². The van der Waals surface area contributed by atoms with Crippen molar-refractivity contribution in [2.75, 3.05) is 26.2 Å². The van der Waals surface area contributed by atoms with Crippen LogP contribution in [-0.2, 0) is 20.8 Å². The summed E-state index contributed by atoms with van der Waals surface area (Å²) in [5.41, 5.74) is 0.443. The lowest BCUT2D eigenvalue weighted by atomic mass is 10.2. The van der Waals surface area contributed by atoms with Gasteiger partial charge >= 0.3 is 12.2 Å². The highest BCUT2D eigenvalue weighted by Gasteiger charge is 2.34. The summed E-state index contributed by atoms with van der Waals surface area (Å²) in [6, 6.07) is 9.48. The maximum Gasteiger partial charge on any atom is 0.410 e. The molecule has 1 aromatic rings. The zero-order valence-electron chi connectivity index (χ0n) is 15.0. The predicted octanol–water partition coefficient (Wildman–Crippen LogP) is 2.55. The van der Waals surface area contributed by atoms with Crippen molar-refractivity contribution in [2.24, 2.45) is 0 Å². The van der Waals surface area contributed by atoms with E-state index in [9.17, 15) is 9.59 Å². The molecule has 0 bridgehead atoms. The summed E-state index contributed by atoms with van der Waals surface area (Å²) in [4.78, 5) is 24.9. The molecule has 0 atom stereocenters. The van der Waals surface area contributed by atoms with Crippen LogP contribution in [0.25, 0.3) is 0 Å². The molecule has 0 aromatic heterocycles. The largest absolute Gasteiger partial charge is 0.445 e. The number of amides is 2. The Bertz CT molecular complexity index is 565. The van der Waals surface area contributed by atoms with Gasteiger partial charge < -0.3 is 24.4 Å². The molecule has 25 heavy (non-hydrogen) atoms. The molecule has 1 saturated heterocycles. The van der Waals surface area contributed by atoms with Crippen molar-refractivity contribution < 1.29 is 23.8 Å². The van der Waals surface area contributed by atoms with Crippen molar-refractivity contribution in [3.8, 4) is 0 Å². The fourth-order valence-electron chi connectivity index (χ4n) is 2.17. The number of benzene rings is 1. The molecule has 0 saturated carbocycles. The second-order valence-corrected chi connectivity index (χ2v) is 6.87. The highest BCUT2D eigenvalue weighted by molar-refractivity contribution is 5.69. The first-order valence-electron chi connectivity index (χ1n) is 8.37. The lowest BCUT2D eigenvalue weighted by molar-refractivity contribution is -0.0618. The third-order valence-electron chi connectivity index (χ3n) is 3.44. The summed E-state index contributed by atoms with van der Waals surface area (Å²) < 4.78 is 15.9. The Morgan fingerprint density at radius 3 is 2.52 bits per heavy atom. The highest BCUT2D eigenvalue weighted by Crippen LogP contribution is 2.16. The standard InChI is InChI=1S/C18H26N2O5/c1-18(2,3)25-17(22)20-11-15(12-20)23-10-9-19-16(21)24-13-14-7-5-4-6-8-14/h4-8,15H,9-13H2,1-3H3,(H,19,21). The second-order valence-electron chi connectivity index (χ2n) is 6.87. The van der Waals surface area contributed by atoms with Crippen molar-refractivity contribution in [1.82, 2.24) is 10.2 Å². The average Bonchev–Trinajstić information content (AvgIpc) is 2.50. The molecule has 1 aliphatic rings. The Morgan fingerprint density at radius 2 is 1.88 bits per heavy atom. The Balaban J connectivity index is 1.50. The Hall–Kier alpha value is -2.28. The van der Waals surface area contributed by atoms with Crippen LogP contribution in [0.4, 0.5) is 9.59 Å². The Kier molecular flexibility index (Phi) is 6.64. The van der Waals surface area contributed by atoms with Gasteiger partial charge in [-0.1, -0.05) is 30.3 Å². The molecule has 1 fully saturated rings. The Labute approximate surface area is 148 Å². The predicted molar refractivity (Wildman–Crippen MR) is 92.2 cm³/mol. The molecule has 0 unspecified atom stereocenters. The maximum absolute atomic E-state index is 11.8. The number of carbonyl (C=O) groups excluding carboxylic acids is 2. The lowest BCUT2D eigenvalue weighted by Crippen LogP contribution is -2.56. The molecule has 1 N–H and O–H groups in total. The van der Waals surface area contributed by atoms with Crippen molar-refractivity contribution in [1.29, 1.82) is 0 Å². The van der Waals surface area contributed by atoms with Crippen LogP contribution in [0.2, 0.25) is 0 Å². The van der Waals surface area contributed by atoms with Gasteiger partial charge in [0.25, 0.3) is 0 Å². The molecular formula is C18H26N2O5. The molecule has 7 nitrogen and oxygen atoms in total. The van der Waals surface area contributed by atoms with E-state index in [-0.39, 0.29) is 18.8 Å². The minimum Gasteiger partial charge on any atom is -0.445 e. The van der Waals surface area contributed by atoms with Gasteiger partial charge in [-0.25, -0.2) is 9.59 Å². The molecule has 0 aliphatic carbocycles. The van der Waals surface area contributed by atoms with E-state index in [1.54, 1.807) is 4.90 Å². The van der Waals surface area contributed by atoms with Gasteiger partial charge in [-0.2, -0.15) is 0 Å². The molecule has 1 heterocycles. The van der Waals surface area contributed by atoms with Gasteiger partial charge in [0, 0.05) is 6.54 Å². The smallest absolute Gasteiger partial charge is 0.410 e. The van der Waals surface area contributed by atoms with Crippen LogP contribution in [-0.4, -0.2) is 55.0 Å². The third kappa shape index (κ3) is 7.01. The summed E-state index contributed by atoms with van der Waals surface area (Å²) >= 11 is 0. The van der Waals surface area contributed by atoms with Crippen LogP contribution in [0.1, 0.15) is 26.3 Å². The van der Waals surface area contributed by atoms with Crippen LogP contribution in [0.15, 0.2) is 30.3 Å². The number of nitrogens with one attached hydrogen (secondary N) is 1. The Morgan fingerprint density at radius 1 is 1.20 bits per heavy atom. The molecule has 138 valence electrons. The van der Waals surface area contributed by atoms with E-state index in [0.717, 1.165) is 5.56 Å². The van der Waals surface area contributed by atoms with Crippen LogP contribution < -0.4 is 5.32 Å². The number of alkyl carbamates (subject to hydrolysis) is 1. The maximum atomic E-state index is 11.8. The molecular weight excluding hydrogens is 324 g/mol. The first-order chi connectivity index (χ1) is 11.8. The van der Waals surface area contributed by atoms with Crippen molar-refractivity contribution >= 4 is 12.2 Å². The summed E-state index contributed by atoms with van der Waals surface area (Å²) in [5.74, 6) is 0. The van der Waals surface area contributed by atoms with Gasteiger partial charge in [-0.3, -0.25) is 0 Å². The first kappa shape index (κ1) is 19.1. The van der Waals surface area contributed by atoms with Gasteiger partial charge in [-0.05, 0) is 26.3 Å². The fourth-order valence-corrected chi connectivity index (χ4v) is 2.17. The van der Waals surface area contributed by atoms with Crippen LogP contribution in [0.3, 0.4) is 0 Å². The molecule has 0 radical (unpaired) electrons. The van der Waals surface area contributed by atoms with Crippen molar-refractivity contribution in [3.63, 3.8) is 0 Å². The number of ether oxygens (including phenoxy) is 3. The van der Waals surface area contributed by atoms with E-state index >= 15 is 0 Å². The molecule has 1 aliphatic heterocycles. The number of rotatable bonds is 6. The number of likely N-dealkylation sites (tertiary alicyclic amines) is 1. The molecule has 2 amide bonds. The number of nitrogens with zero attached hydrogens (tertiary/aromatic N) is 1. The second kappa shape index (κ2) is 8.71. The van der Waals surface area contributed by atoms with Crippen molar-refractivity contribution in [2.45, 2.75) is 39.1 Å². The molecule has 7 heteroatoms. The summed E-state index contributed by atoms with van der Waals surface area (Å²) in [7, 11) is 0. The SMILES string of the molecule is CC(C)(C)OC(=O)N1CC(OCCNC(=O)OCc2ccccc2)C1. The normalized spacial score (nSPS) is 14.6. The number of hydrogen-bond donors (Lipinski definition) is 1. The summed E-state index contributed by atoms with van der Waals surface area (Å²) in [6.45, 7) is 7.48. The van der Waals surface area contributed by atoms with E-state index in [0.29, 0.717) is 26.2 Å². The van der Waals surface area contributed by atoms with E-state index in [1.807, 2.05) is 51.1 Å². The van der Waals surface area contributed by atoms with Crippen LogP contribution >= 0.6 is 0 Å². The van der Waals surface area contributed by atoms with E-state index in [4.69, 9.17) is 14.2 Å². The van der Waals surface area contributed by atoms with Gasteiger partial charge in [0.05, 0.1) is 25.8 Å². The monoisotopic (exact) mass is 350 g/mol. The lowest BCUT2D eigenvalue weighted by Gasteiger charge is -2.39. The van der Waals surface area contributed by atoms with Crippen molar-refractivity contribution in [3.05, 3.63) is 35.9 Å². The zero-order chi connectivity index (χ0) is 18.3. The van der Waals surface area contributed by atoms with E-state index < -0.39 is 11.7 Å². The summed E-state index contributed by atoms with van der Waals surface area (Å²) in [6.07, 6.45) is -0.818. The topological polar surface area (TPSA) is 77.1 Å².